The summed E-state index contributed by atoms with van der Waals surface area (Å²) < 4.78 is 33.2. The van der Waals surface area contributed by atoms with Gasteiger partial charge in [-0.15, -0.1) is 0 Å². The van der Waals surface area contributed by atoms with Crippen molar-refractivity contribution in [1.29, 1.82) is 0 Å². The van der Waals surface area contributed by atoms with Crippen LogP contribution in [-0.2, 0) is 37.3 Å². The van der Waals surface area contributed by atoms with Gasteiger partial charge in [0.15, 0.2) is 0 Å². The van der Waals surface area contributed by atoms with Crippen LogP contribution in [0.2, 0.25) is 0 Å². The number of amides is 5. The van der Waals surface area contributed by atoms with Crippen LogP contribution in [-0.4, -0.2) is 84.7 Å². The quantitative estimate of drug-likeness (QED) is 0.439. The summed E-state index contributed by atoms with van der Waals surface area (Å²) >= 11 is 0. The van der Waals surface area contributed by atoms with Gasteiger partial charge < -0.3 is 25.2 Å². The Morgan fingerprint density at radius 3 is 2.65 bits per heavy atom. The highest BCUT2D eigenvalue weighted by Crippen LogP contribution is 2.46. The Balaban J connectivity index is 1.18. The second-order valence-corrected chi connectivity index (χ2v) is 14.3. The molecular formula is C30H39N5O7S. The number of rotatable bonds is 4. The number of benzene rings is 1. The predicted molar refractivity (Wildman–Crippen MR) is 156 cm³/mol. The first-order valence-electron chi connectivity index (χ1n) is 15.3. The molecule has 3 aliphatic heterocycles. The van der Waals surface area contributed by atoms with Crippen molar-refractivity contribution in [3.05, 3.63) is 47.5 Å². The molecule has 6 rings (SSSR count). The lowest BCUT2D eigenvalue weighted by Crippen LogP contribution is -2.57. The van der Waals surface area contributed by atoms with E-state index < -0.39 is 56.9 Å². The zero-order chi connectivity index (χ0) is 30.2. The Kier molecular flexibility index (Phi) is 8.10. The van der Waals surface area contributed by atoms with Crippen LogP contribution in [0.15, 0.2) is 36.4 Å². The first kappa shape index (κ1) is 29.5. The summed E-state index contributed by atoms with van der Waals surface area (Å²) in [5, 5.41) is 5.11. The lowest BCUT2D eigenvalue weighted by atomic mass is 10.0. The van der Waals surface area contributed by atoms with E-state index in [2.05, 4.69) is 15.4 Å². The van der Waals surface area contributed by atoms with Gasteiger partial charge in [-0.25, -0.2) is 18.0 Å². The van der Waals surface area contributed by atoms with Gasteiger partial charge in [0.25, 0.3) is 5.91 Å². The molecule has 43 heavy (non-hydrogen) atoms. The van der Waals surface area contributed by atoms with E-state index in [4.69, 9.17) is 4.74 Å². The Morgan fingerprint density at radius 1 is 1.07 bits per heavy atom. The number of hydrogen-bond donors (Lipinski definition) is 3. The molecular weight excluding hydrogens is 574 g/mol. The number of urea groups is 1. The summed E-state index contributed by atoms with van der Waals surface area (Å²) in [7, 11) is -3.82. The van der Waals surface area contributed by atoms with Crippen molar-refractivity contribution in [1.82, 2.24) is 25.2 Å². The van der Waals surface area contributed by atoms with Gasteiger partial charge in [-0.3, -0.25) is 14.3 Å². The molecule has 232 valence electrons. The Hall–Kier alpha value is -3.61. The third-order valence-electron chi connectivity index (χ3n) is 9.14. The molecule has 3 N–H and O–H groups in total. The van der Waals surface area contributed by atoms with E-state index in [0.717, 1.165) is 31.2 Å². The molecule has 2 aliphatic carbocycles. The van der Waals surface area contributed by atoms with E-state index in [1.807, 2.05) is 36.4 Å². The number of sulfonamides is 1. The SMILES string of the molecule is O=C1NC2(C(=O)NS(=O)(=O)C3CC3)CC2/C=C/CCCCCNC(=O)N2CC(OC(=O)N3CCc4ccccc4C3)CC12. The van der Waals surface area contributed by atoms with Crippen molar-refractivity contribution in [3.8, 4) is 0 Å². The summed E-state index contributed by atoms with van der Waals surface area (Å²) in [5.41, 5.74) is 0.833. The normalized spacial score (nSPS) is 30.3. The lowest BCUT2D eigenvalue weighted by molar-refractivity contribution is -0.131. The summed E-state index contributed by atoms with van der Waals surface area (Å²) in [5.74, 6) is -1.70. The van der Waals surface area contributed by atoms with Gasteiger partial charge in [0.2, 0.25) is 15.9 Å². The molecule has 3 fully saturated rings. The number of fused-ring (bicyclic) bond motifs is 3. The third kappa shape index (κ3) is 6.36. The number of carbonyl (C=O) groups excluding carboxylic acids is 4. The van der Waals surface area contributed by atoms with Crippen LogP contribution in [0.1, 0.15) is 62.5 Å². The molecule has 0 radical (unpaired) electrons. The number of nitrogens with zero attached hydrogens (tertiary/aromatic N) is 2. The van der Waals surface area contributed by atoms with Gasteiger partial charge in [-0.1, -0.05) is 42.8 Å². The highest BCUT2D eigenvalue weighted by Gasteiger charge is 2.62. The van der Waals surface area contributed by atoms with Gasteiger partial charge in [-0.05, 0) is 56.1 Å². The maximum absolute atomic E-state index is 13.8. The van der Waals surface area contributed by atoms with Gasteiger partial charge in [0, 0.05) is 32.0 Å². The molecule has 1 saturated heterocycles. The van der Waals surface area contributed by atoms with Crippen molar-refractivity contribution in [2.45, 2.75) is 87.3 Å². The molecule has 13 heteroatoms. The van der Waals surface area contributed by atoms with Gasteiger partial charge in [-0.2, -0.15) is 0 Å². The fourth-order valence-electron chi connectivity index (χ4n) is 6.31. The maximum atomic E-state index is 13.8. The molecule has 3 heterocycles. The molecule has 0 aromatic heterocycles. The van der Waals surface area contributed by atoms with Crippen molar-refractivity contribution >= 4 is 34.0 Å². The maximum Gasteiger partial charge on any atom is 0.410 e. The zero-order valence-electron chi connectivity index (χ0n) is 24.1. The topological polar surface area (TPSA) is 154 Å². The Labute approximate surface area is 251 Å². The van der Waals surface area contributed by atoms with E-state index >= 15 is 0 Å². The average Bonchev–Trinajstić information content (AvgIpc) is 3.91. The molecule has 1 aromatic carbocycles. The Morgan fingerprint density at radius 2 is 1.86 bits per heavy atom. The van der Waals surface area contributed by atoms with Crippen LogP contribution in [0.3, 0.4) is 0 Å². The van der Waals surface area contributed by atoms with E-state index in [-0.39, 0.29) is 25.3 Å². The molecule has 2 saturated carbocycles. The fraction of sp³-hybridized carbons (Fsp3) is 0.600. The average molecular weight is 614 g/mol. The predicted octanol–water partition coefficient (Wildman–Crippen LogP) is 1.95. The van der Waals surface area contributed by atoms with Crippen LogP contribution >= 0.6 is 0 Å². The molecule has 4 unspecified atom stereocenters. The first-order chi connectivity index (χ1) is 20.7. The molecule has 0 spiro atoms. The standard InChI is InChI=1S/C30H39N5O7S/c36-26-25-16-23(42-29(39)34-15-13-20-8-5-6-9-21(20)18-34)19-35(25)28(38)31-14-7-3-1-2-4-10-22-17-30(22,32-26)27(37)33-43(40,41)24-11-12-24/h4-6,8-10,22-25H,1-3,7,11-19H2,(H,31,38)(H,32,36)(H,33,37)/b10-4+. The number of hydrogen-bond acceptors (Lipinski definition) is 7. The largest absolute Gasteiger partial charge is 0.444 e. The van der Waals surface area contributed by atoms with Crippen LogP contribution in [0, 0.1) is 5.92 Å². The van der Waals surface area contributed by atoms with Crippen LogP contribution in [0.5, 0.6) is 0 Å². The molecule has 1 aromatic rings. The minimum absolute atomic E-state index is 0.0265. The van der Waals surface area contributed by atoms with E-state index in [9.17, 15) is 27.6 Å². The van der Waals surface area contributed by atoms with Gasteiger partial charge >= 0.3 is 12.1 Å². The van der Waals surface area contributed by atoms with Crippen LogP contribution in [0.25, 0.3) is 0 Å². The Bertz CT molecular complexity index is 1430. The molecule has 12 nitrogen and oxygen atoms in total. The van der Waals surface area contributed by atoms with Crippen molar-refractivity contribution < 1.29 is 32.3 Å². The first-order valence-corrected chi connectivity index (χ1v) is 16.8. The van der Waals surface area contributed by atoms with Crippen LogP contribution < -0.4 is 15.4 Å². The van der Waals surface area contributed by atoms with E-state index in [0.29, 0.717) is 38.9 Å². The number of allylic oxidation sites excluding steroid dienone is 1. The molecule has 5 aliphatic rings. The van der Waals surface area contributed by atoms with Gasteiger partial charge in [0.05, 0.1) is 11.8 Å². The van der Waals surface area contributed by atoms with Crippen molar-refractivity contribution in [2.75, 3.05) is 19.6 Å². The summed E-state index contributed by atoms with van der Waals surface area (Å²) in [4.78, 5) is 56.5. The second kappa shape index (κ2) is 11.8. The number of ether oxygens (including phenoxy) is 1. The number of nitrogens with one attached hydrogen (secondary N) is 3. The van der Waals surface area contributed by atoms with E-state index in [1.165, 1.54) is 10.5 Å². The minimum atomic E-state index is -3.82. The minimum Gasteiger partial charge on any atom is -0.444 e. The molecule has 0 bridgehead atoms. The summed E-state index contributed by atoms with van der Waals surface area (Å²) in [6.07, 6.45) is 7.99. The molecule has 4 atom stereocenters. The fourth-order valence-corrected chi connectivity index (χ4v) is 7.68. The summed E-state index contributed by atoms with van der Waals surface area (Å²) in [6, 6.07) is 6.49. The highest BCUT2D eigenvalue weighted by molar-refractivity contribution is 7.91. The highest BCUT2D eigenvalue weighted by atomic mass is 32.2. The van der Waals surface area contributed by atoms with Crippen molar-refractivity contribution in [2.24, 2.45) is 5.92 Å². The third-order valence-corrected chi connectivity index (χ3v) is 11.0. The van der Waals surface area contributed by atoms with Crippen LogP contribution in [0.4, 0.5) is 9.59 Å². The monoisotopic (exact) mass is 613 g/mol. The molecule has 5 amide bonds. The lowest BCUT2D eigenvalue weighted by Gasteiger charge is -2.29. The summed E-state index contributed by atoms with van der Waals surface area (Å²) in [6.45, 7) is 1.40. The van der Waals surface area contributed by atoms with Gasteiger partial charge in [0.1, 0.15) is 17.7 Å². The van der Waals surface area contributed by atoms with Crippen molar-refractivity contribution in [3.63, 3.8) is 0 Å². The second-order valence-electron chi connectivity index (χ2n) is 12.3. The smallest absolute Gasteiger partial charge is 0.410 e. The zero-order valence-corrected chi connectivity index (χ0v) is 24.9. The van der Waals surface area contributed by atoms with E-state index in [1.54, 1.807) is 4.90 Å². The number of carbonyl (C=O) groups is 4.